The summed E-state index contributed by atoms with van der Waals surface area (Å²) in [5.74, 6) is 1.31. The summed E-state index contributed by atoms with van der Waals surface area (Å²) in [6.07, 6.45) is 4.58. The zero-order valence-electron chi connectivity index (χ0n) is 16.3. The van der Waals surface area contributed by atoms with Crippen LogP contribution in [-0.4, -0.2) is 19.7 Å². The molecule has 0 spiro atoms. The lowest BCUT2D eigenvalue weighted by atomic mass is 9.85. The predicted octanol–water partition coefficient (Wildman–Crippen LogP) is 6.19. The molecular formula is C23H14Cl3N5O. The summed E-state index contributed by atoms with van der Waals surface area (Å²) in [4.78, 5) is 8.74. The second kappa shape index (κ2) is 7.52. The van der Waals surface area contributed by atoms with Crippen LogP contribution in [0.2, 0.25) is 15.1 Å². The first kappa shape index (κ1) is 19.6. The highest BCUT2D eigenvalue weighted by Crippen LogP contribution is 2.51. The molecule has 6 nitrogen and oxygen atoms in total. The number of ether oxygens (including phenoxy) is 1. The molecule has 6 rings (SSSR count). The van der Waals surface area contributed by atoms with Gasteiger partial charge in [-0.25, -0.2) is 4.68 Å². The van der Waals surface area contributed by atoms with Gasteiger partial charge in [0.1, 0.15) is 18.1 Å². The average Bonchev–Trinajstić information content (AvgIpc) is 3.26. The number of rotatable bonds is 2. The molecule has 0 radical (unpaired) electrons. The van der Waals surface area contributed by atoms with Gasteiger partial charge in [0, 0.05) is 44.2 Å². The van der Waals surface area contributed by atoms with Crippen molar-refractivity contribution >= 4 is 46.4 Å². The first-order valence-corrected chi connectivity index (χ1v) is 11.0. The molecule has 4 heterocycles. The van der Waals surface area contributed by atoms with Gasteiger partial charge >= 0.3 is 0 Å². The quantitative estimate of drug-likeness (QED) is 0.369. The zero-order chi connectivity index (χ0) is 21.8. The molecule has 2 aliphatic heterocycles. The monoisotopic (exact) mass is 481 g/mol. The third kappa shape index (κ3) is 3.06. The van der Waals surface area contributed by atoms with E-state index in [9.17, 15) is 0 Å². The minimum Gasteiger partial charge on any atom is -0.480 e. The van der Waals surface area contributed by atoms with Crippen LogP contribution in [0, 0.1) is 0 Å². The van der Waals surface area contributed by atoms with Crippen LogP contribution in [0.1, 0.15) is 28.8 Å². The second-order valence-corrected chi connectivity index (χ2v) is 8.76. The number of nitrogens with zero attached hydrogens (tertiary/aromatic N) is 4. The van der Waals surface area contributed by atoms with E-state index in [0.29, 0.717) is 26.8 Å². The number of halogens is 3. The van der Waals surface area contributed by atoms with Gasteiger partial charge < -0.3 is 10.1 Å². The first-order chi connectivity index (χ1) is 15.6. The molecule has 2 atom stereocenters. The topological polar surface area (TPSA) is 64.9 Å². The van der Waals surface area contributed by atoms with E-state index >= 15 is 0 Å². The van der Waals surface area contributed by atoms with Crippen molar-refractivity contribution in [3.8, 4) is 5.75 Å². The van der Waals surface area contributed by atoms with E-state index < -0.39 is 6.10 Å². The Bertz CT molecular complexity index is 1390. The number of nitrogens with one attached hydrogen (secondary N) is 1. The third-order valence-electron chi connectivity index (χ3n) is 5.62. The van der Waals surface area contributed by atoms with E-state index in [-0.39, 0.29) is 6.04 Å². The molecule has 0 aliphatic carbocycles. The molecule has 0 saturated heterocycles. The summed E-state index contributed by atoms with van der Waals surface area (Å²) in [5.41, 5.74) is 4.37. The Morgan fingerprint density at radius 1 is 1.00 bits per heavy atom. The Hall–Kier alpha value is -3.06. The molecule has 9 heteroatoms. The van der Waals surface area contributed by atoms with Crippen molar-refractivity contribution in [3.05, 3.63) is 105 Å². The predicted molar refractivity (Wildman–Crippen MR) is 124 cm³/mol. The van der Waals surface area contributed by atoms with Gasteiger partial charge in [-0.2, -0.15) is 10.1 Å². The molecule has 32 heavy (non-hydrogen) atoms. The number of benzene rings is 2. The normalized spacial score (nSPS) is 18.8. The highest BCUT2D eigenvalue weighted by atomic mass is 35.5. The first-order valence-electron chi connectivity index (χ1n) is 9.82. The van der Waals surface area contributed by atoms with Crippen molar-refractivity contribution in [2.24, 2.45) is 0 Å². The Balaban J connectivity index is 1.65. The Morgan fingerprint density at radius 2 is 1.84 bits per heavy atom. The van der Waals surface area contributed by atoms with Gasteiger partial charge in [0.2, 0.25) is 5.95 Å². The maximum absolute atomic E-state index is 6.64. The smallest absolute Gasteiger partial charge is 0.226 e. The van der Waals surface area contributed by atoms with Crippen molar-refractivity contribution in [3.63, 3.8) is 0 Å². The average molecular weight is 483 g/mol. The van der Waals surface area contributed by atoms with Gasteiger partial charge in [-0.1, -0.05) is 46.9 Å². The molecule has 0 unspecified atom stereocenters. The minimum absolute atomic E-state index is 0.318. The van der Waals surface area contributed by atoms with Gasteiger partial charge in [-0.05, 0) is 42.0 Å². The fraction of sp³-hybridized carbons (Fsp3) is 0.0870. The van der Waals surface area contributed by atoms with E-state index in [1.54, 1.807) is 24.4 Å². The Labute approximate surface area is 198 Å². The number of hydrogen-bond donors (Lipinski definition) is 1. The van der Waals surface area contributed by atoms with E-state index in [1.807, 2.05) is 41.2 Å². The lowest BCUT2D eigenvalue weighted by Gasteiger charge is -2.39. The molecule has 0 saturated carbocycles. The minimum atomic E-state index is -0.501. The van der Waals surface area contributed by atoms with Crippen LogP contribution in [0.5, 0.6) is 5.75 Å². The van der Waals surface area contributed by atoms with E-state index in [0.717, 1.165) is 28.0 Å². The van der Waals surface area contributed by atoms with Gasteiger partial charge in [-0.3, -0.25) is 4.98 Å². The van der Waals surface area contributed by atoms with Crippen molar-refractivity contribution in [1.82, 2.24) is 19.7 Å². The molecule has 0 fully saturated rings. The largest absolute Gasteiger partial charge is 0.480 e. The number of pyridine rings is 1. The van der Waals surface area contributed by atoms with Crippen LogP contribution in [0.15, 0.2) is 72.8 Å². The lowest BCUT2D eigenvalue weighted by Crippen LogP contribution is -2.32. The highest BCUT2D eigenvalue weighted by Gasteiger charge is 2.41. The van der Waals surface area contributed by atoms with Crippen LogP contribution < -0.4 is 10.1 Å². The van der Waals surface area contributed by atoms with Crippen molar-refractivity contribution in [2.75, 3.05) is 5.32 Å². The third-order valence-corrected chi connectivity index (χ3v) is 6.42. The highest BCUT2D eigenvalue weighted by molar-refractivity contribution is 6.35. The molecule has 2 aromatic heterocycles. The van der Waals surface area contributed by atoms with Crippen molar-refractivity contribution in [2.45, 2.75) is 12.1 Å². The summed E-state index contributed by atoms with van der Waals surface area (Å²) in [6, 6.07) is 14.5. The van der Waals surface area contributed by atoms with Crippen molar-refractivity contribution in [1.29, 1.82) is 0 Å². The molecule has 0 bridgehead atoms. The van der Waals surface area contributed by atoms with E-state index in [1.165, 1.54) is 6.33 Å². The summed E-state index contributed by atoms with van der Waals surface area (Å²) in [6.45, 7) is 0. The molecule has 158 valence electrons. The van der Waals surface area contributed by atoms with Crippen LogP contribution in [0.3, 0.4) is 0 Å². The Kier molecular flexibility index (Phi) is 4.61. The fourth-order valence-corrected chi connectivity index (χ4v) is 4.95. The van der Waals surface area contributed by atoms with Gasteiger partial charge in [-0.15, -0.1) is 0 Å². The van der Waals surface area contributed by atoms with Crippen LogP contribution in [0.4, 0.5) is 5.95 Å². The molecule has 4 aromatic rings. The van der Waals surface area contributed by atoms with Crippen LogP contribution >= 0.6 is 34.8 Å². The van der Waals surface area contributed by atoms with Gasteiger partial charge in [0.15, 0.2) is 6.10 Å². The maximum atomic E-state index is 6.64. The van der Waals surface area contributed by atoms with Crippen molar-refractivity contribution < 1.29 is 4.74 Å². The van der Waals surface area contributed by atoms with Gasteiger partial charge in [0.25, 0.3) is 0 Å². The Morgan fingerprint density at radius 3 is 2.66 bits per heavy atom. The summed E-state index contributed by atoms with van der Waals surface area (Å²) >= 11 is 19.2. The zero-order valence-corrected chi connectivity index (χ0v) is 18.6. The standard InChI is InChI=1S/C23H14Cl3N5O/c24-13-4-6-18-16(8-13)20-19(22(32-18)15-5-3-14(25)9-17(15)26)21(12-2-1-7-27-10-12)31-23(30-20)28-11-29-31/h1-11,21-22H,(H,28,29,30)/t21-,22+/m0/s1. The SMILES string of the molecule is Clc1ccc([C@H]2Oc3ccc(Cl)cc3C3=C2[C@H](c2cccnc2)n2ncnc2N3)c(Cl)c1. The fourth-order valence-electron chi connectivity index (χ4n) is 4.27. The molecule has 2 aliphatic rings. The summed E-state index contributed by atoms with van der Waals surface area (Å²) in [5, 5.41) is 9.60. The van der Waals surface area contributed by atoms with Crippen LogP contribution in [-0.2, 0) is 0 Å². The molecule has 2 aromatic carbocycles. The number of anilines is 1. The molecule has 1 N–H and O–H groups in total. The lowest BCUT2D eigenvalue weighted by molar-refractivity contribution is 0.223. The number of fused-ring (bicyclic) bond motifs is 3. The molecule has 0 amide bonds. The summed E-state index contributed by atoms with van der Waals surface area (Å²) in [7, 11) is 0. The number of aromatic nitrogens is 4. The van der Waals surface area contributed by atoms with Crippen LogP contribution in [0.25, 0.3) is 5.70 Å². The van der Waals surface area contributed by atoms with Gasteiger partial charge in [0.05, 0.1) is 5.70 Å². The van der Waals surface area contributed by atoms with E-state index in [4.69, 9.17) is 39.5 Å². The number of hydrogen-bond acceptors (Lipinski definition) is 5. The summed E-state index contributed by atoms with van der Waals surface area (Å²) < 4.78 is 8.37. The maximum Gasteiger partial charge on any atom is 0.226 e. The van der Waals surface area contributed by atoms with E-state index in [2.05, 4.69) is 20.4 Å². The second-order valence-electron chi connectivity index (χ2n) is 7.48. The molecular weight excluding hydrogens is 469 g/mol.